The molecule has 1 saturated carbocycles. The van der Waals surface area contributed by atoms with Gasteiger partial charge >= 0.3 is 6.18 Å². The number of hydrogen-bond donors (Lipinski definition) is 3. The summed E-state index contributed by atoms with van der Waals surface area (Å²) < 4.78 is 49.7. The predicted molar refractivity (Wildman–Crippen MR) is 137 cm³/mol. The fourth-order valence-corrected chi connectivity index (χ4v) is 5.95. The van der Waals surface area contributed by atoms with Crippen LogP contribution in [-0.2, 0) is 11.8 Å². The number of aromatic nitrogens is 3. The van der Waals surface area contributed by atoms with Crippen molar-refractivity contribution in [1.29, 1.82) is 0 Å². The molecule has 2 aliphatic rings. The molecule has 0 spiro atoms. The van der Waals surface area contributed by atoms with Crippen LogP contribution in [0.3, 0.4) is 0 Å². The summed E-state index contributed by atoms with van der Waals surface area (Å²) in [6, 6.07) is 5.81. The first-order valence-electron chi connectivity index (χ1n) is 13.1. The minimum Gasteiger partial charge on any atom is -0.492 e. The van der Waals surface area contributed by atoms with Crippen molar-refractivity contribution in [3.05, 3.63) is 53.6 Å². The Hall–Kier alpha value is -2.69. The van der Waals surface area contributed by atoms with E-state index >= 15 is 0 Å². The van der Waals surface area contributed by atoms with Gasteiger partial charge in [-0.1, -0.05) is 19.9 Å². The number of fused-ring (bicyclic) bond motifs is 1. The highest BCUT2D eigenvalue weighted by molar-refractivity contribution is 5.82. The average molecular weight is 533 g/mol. The molecule has 0 bridgehead atoms. The number of alkyl halides is 3. The topological polar surface area (TPSA) is 92.4 Å². The van der Waals surface area contributed by atoms with Gasteiger partial charge in [0, 0.05) is 41.6 Å². The molecule has 2 fully saturated rings. The third kappa shape index (κ3) is 5.26. The second kappa shape index (κ2) is 9.50. The molecular weight excluding hydrogens is 497 g/mol. The first-order valence-corrected chi connectivity index (χ1v) is 13.1. The Bertz CT molecular complexity index is 1300. The highest BCUT2D eigenvalue weighted by atomic mass is 19.4. The fourth-order valence-electron chi connectivity index (χ4n) is 5.95. The molecule has 1 aliphatic carbocycles. The van der Waals surface area contributed by atoms with Crippen molar-refractivity contribution < 1.29 is 28.1 Å². The third-order valence-corrected chi connectivity index (χ3v) is 7.81. The summed E-state index contributed by atoms with van der Waals surface area (Å²) in [4.78, 5) is 8.73. The summed E-state index contributed by atoms with van der Waals surface area (Å²) in [5.74, 6) is 0.350. The zero-order chi connectivity index (χ0) is 27.5. The van der Waals surface area contributed by atoms with E-state index < -0.39 is 22.9 Å². The Kier molecular flexibility index (Phi) is 6.72. The number of pyridine rings is 1. The van der Waals surface area contributed by atoms with E-state index in [1.54, 1.807) is 13.1 Å². The number of imidazole rings is 1. The van der Waals surface area contributed by atoms with Crippen LogP contribution in [0.25, 0.3) is 11.0 Å². The SMILES string of the molecule is CC(C)c1ccc([C@@]2(O)C[C@@H](COc3cc(C(F)(F)F)c4c(c3)ncn4C3CC(C)(O)C3)N[C@@H](C)C2)cn1. The van der Waals surface area contributed by atoms with E-state index in [0.29, 0.717) is 25.7 Å². The maximum absolute atomic E-state index is 14.1. The van der Waals surface area contributed by atoms with E-state index in [1.165, 1.54) is 17.0 Å². The fraction of sp³-hybridized carbons (Fsp3) is 0.571. The van der Waals surface area contributed by atoms with Crippen LogP contribution in [0.5, 0.6) is 5.75 Å². The molecule has 38 heavy (non-hydrogen) atoms. The Balaban J connectivity index is 1.35. The summed E-state index contributed by atoms with van der Waals surface area (Å²) in [7, 11) is 0. The van der Waals surface area contributed by atoms with Crippen molar-refractivity contribution in [2.45, 2.75) is 94.8 Å². The summed E-state index contributed by atoms with van der Waals surface area (Å²) in [5, 5.41) is 25.0. The van der Waals surface area contributed by atoms with Gasteiger partial charge in [0.15, 0.2) is 0 Å². The molecule has 7 nitrogen and oxygen atoms in total. The molecule has 10 heteroatoms. The van der Waals surface area contributed by atoms with Crippen molar-refractivity contribution in [3.63, 3.8) is 0 Å². The molecule has 0 radical (unpaired) electrons. The Labute approximate surface area is 220 Å². The van der Waals surface area contributed by atoms with Gasteiger partial charge in [-0.25, -0.2) is 4.98 Å². The molecule has 5 rings (SSSR count). The molecule has 3 N–H and O–H groups in total. The summed E-state index contributed by atoms with van der Waals surface area (Å²) in [6.45, 7) is 7.84. The molecule has 0 amide bonds. The van der Waals surface area contributed by atoms with E-state index in [1.807, 2.05) is 19.1 Å². The summed E-state index contributed by atoms with van der Waals surface area (Å²) in [5.41, 5.74) is -0.944. The molecule has 1 saturated heterocycles. The van der Waals surface area contributed by atoms with Gasteiger partial charge in [0.25, 0.3) is 0 Å². The Morgan fingerprint density at radius 2 is 1.87 bits per heavy atom. The summed E-state index contributed by atoms with van der Waals surface area (Å²) in [6.07, 6.45) is 0.0941. The standard InChI is InChI=1S/C28H35F3N4O3/c1-16(2)23-6-5-18(13-32-23)27(37)9-17(3)34-19(10-27)14-38-21-7-22(28(29,30)31)25-24(8-21)33-15-35(25)20-11-26(4,36)12-20/h5-8,13,15-17,19-20,34,36-37H,9-12,14H2,1-4H3/t17-,19-,20?,26?,27-/m0/s1. The van der Waals surface area contributed by atoms with Crippen molar-refractivity contribution in [3.8, 4) is 5.75 Å². The van der Waals surface area contributed by atoms with Crippen LogP contribution in [0.15, 0.2) is 36.8 Å². The number of hydrogen-bond acceptors (Lipinski definition) is 6. The Morgan fingerprint density at radius 3 is 2.47 bits per heavy atom. The number of piperidine rings is 1. The molecule has 3 aromatic rings. The minimum atomic E-state index is -4.60. The molecule has 1 aliphatic heterocycles. The number of benzene rings is 1. The van der Waals surface area contributed by atoms with Crippen molar-refractivity contribution in [2.75, 3.05) is 6.61 Å². The van der Waals surface area contributed by atoms with Crippen LogP contribution in [0.2, 0.25) is 0 Å². The zero-order valence-corrected chi connectivity index (χ0v) is 22.1. The van der Waals surface area contributed by atoms with Gasteiger partial charge in [0.1, 0.15) is 12.4 Å². The predicted octanol–water partition coefficient (Wildman–Crippen LogP) is 5.07. The van der Waals surface area contributed by atoms with Crippen molar-refractivity contribution in [2.24, 2.45) is 0 Å². The molecule has 3 heterocycles. The molecule has 206 valence electrons. The van der Waals surface area contributed by atoms with Crippen LogP contribution < -0.4 is 10.1 Å². The van der Waals surface area contributed by atoms with Crippen molar-refractivity contribution in [1.82, 2.24) is 19.9 Å². The zero-order valence-electron chi connectivity index (χ0n) is 22.1. The van der Waals surface area contributed by atoms with Gasteiger partial charge in [0.2, 0.25) is 0 Å². The lowest BCUT2D eigenvalue weighted by molar-refractivity contribution is -0.136. The minimum absolute atomic E-state index is 0.00137. The van der Waals surface area contributed by atoms with Crippen LogP contribution in [0.1, 0.15) is 82.2 Å². The second-order valence-electron chi connectivity index (χ2n) is 11.7. The van der Waals surface area contributed by atoms with E-state index in [4.69, 9.17) is 4.74 Å². The lowest BCUT2D eigenvalue weighted by Gasteiger charge is -2.42. The van der Waals surface area contributed by atoms with Crippen LogP contribution in [0.4, 0.5) is 13.2 Å². The molecule has 1 aromatic carbocycles. The smallest absolute Gasteiger partial charge is 0.418 e. The lowest BCUT2D eigenvalue weighted by atomic mass is 9.77. The highest BCUT2D eigenvalue weighted by Crippen LogP contribution is 2.45. The quantitative estimate of drug-likeness (QED) is 0.411. The van der Waals surface area contributed by atoms with Gasteiger partial charge in [-0.05, 0) is 57.6 Å². The first kappa shape index (κ1) is 26.9. The van der Waals surface area contributed by atoms with Crippen LogP contribution >= 0.6 is 0 Å². The van der Waals surface area contributed by atoms with Crippen LogP contribution in [0, 0.1) is 0 Å². The van der Waals surface area contributed by atoms with E-state index in [0.717, 1.165) is 17.3 Å². The molecule has 2 aromatic heterocycles. The monoisotopic (exact) mass is 532 g/mol. The molecule has 0 unspecified atom stereocenters. The number of nitrogens with zero attached hydrogens (tertiary/aromatic N) is 3. The van der Waals surface area contributed by atoms with Crippen molar-refractivity contribution >= 4 is 11.0 Å². The number of halogens is 3. The summed E-state index contributed by atoms with van der Waals surface area (Å²) >= 11 is 0. The number of ether oxygens (including phenoxy) is 1. The maximum atomic E-state index is 14.1. The lowest BCUT2D eigenvalue weighted by Crippen LogP contribution is -2.53. The van der Waals surface area contributed by atoms with E-state index in [9.17, 15) is 23.4 Å². The third-order valence-electron chi connectivity index (χ3n) is 7.81. The van der Waals surface area contributed by atoms with Gasteiger partial charge in [-0.3, -0.25) is 4.98 Å². The average Bonchev–Trinajstić information content (AvgIpc) is 3.23. The van der Waals surface area contributed by atoms with Gasteiger partial charge in [0.05, 0.1) is 34.1 Å². The van der Waals surface area contributed by atoms with Gasteiger partial charge < -0.3 is 24.8 Å². The van der Waals surface area contributed by atoms with E-state index in [-0.39, 0.29) is 47.4 Å². The first-order chi connectivity index (χ1) is 17.7. The molecular formula is C28H35F3N4O3. The maximum Gasteiger partial charge on any atom is 0.418 e. The largest absolute Gasteiger partial charge is 0.492 e. The highest BCUT2D eigenvalue weighted by Gasteiger charge is 2.43. The number of rotatable bonds is 6. The van der Waals surface area contributed by atoms with Gasteiger partial charge in [-0.15, -0.1) is 0 Å². The number of nitrogens with one attached hydrogen (secondary N) is 1. The van der Waals surface area contributed by atoms with Crippen LogP contribution in [-0.4, -0.2) is 49.0 Å². The Morgan fingerprint density at radius 1 is 1.13 bits per heavy atom. The number of aliphatic hydroxyl groups is 2. The molecule has 3 atom stereocenters. The normalized spacial score (nSPS) is 30.0. The van der Waals surface area contributed by atoms with Gasteiger partial charge in [-0.2, -0.15) is 13.2 Å². The second-order valence-corrected chi connectivity index (χ2v) is 11.7. The van der Waals surface area contributed by atoms with E-state index in [2.05, 4.69) is 29.1 Å².